The lowest BCUT2D eigenvalue weighted by atomic mass is 10.3. The Morgan fingerprint density at radius 3 is 2.45 bits per heavy atom. The predicted octanol–water partition coefficient (Wildman–Crippen LogP) is 4.17. The number of amides is 1. The SMILES string of the molecule is CCN(CC)CCCCNC(=O)C(C)Sc1ccc(Br)cc1. The topological polar surface area (TPSA) is 32.3 Å². The summed E-state index contributed by atoms with van der Waals surface area (Å²) in [6, 6.07) is 8.06. The first-order valence-corrected chi connectivity index (χ1v) is 9.66. The van der Waals surface area contributed by atoms with Crippen LogP contribution in [0.3, 0.4) is 0 Å². The molecule has 0 aliphatic heterocycles. The number of hydrogen-bond donors (Lipinski definition) is 1. The highest BCUT2D eigenvalue weighted by Crippen LogP contribution is 2.24. The first-order valence-electron chi connectivity index (χ1n) is 7.99. The maximum absolute atomic E-state index is 12.1. The van der Waals surface area contributed by atoms with Crippen LogP contribution >= 0.6 is 27.7 Å². The van der Waals surface area contributed by atoms with Crippen molar-refractivity contribution >= 4 is 33.6 Å². The number of benzene rings is 1. The number of rotatable bonds is 10. The van der Waals surface area contributed by atoms with Gasteiger partial charge in [-0.3, -0.25) is 4.79 Å². The van der Waals surface area contributed by atoms with E-state index in [1.807, 2.05) is 31.2 Å². The van der Waals surface area contributed by atoms with Gasteiger partial charge in [-0.15, -0.1) is 11.8 Å². The Hall–Kier alpha value is -0.520. The van der Waals surface area contributed by atoms with Crippen molar-refractivity contribution in [3.8, 4) is 0 Å². The first-order chi connectivity index (χ1) is 10.6. The standard InChI is InChI=1S/C17H27BrN2OS/c1-4-20(5-2)13-7-6-12-19-17(21)14(3)22-16-10-8-15(18)9-11-16/h8-11,14H,4-7,12-13H2,1-3H3,(H,19,21). The van der Waals surface area contributed by atoms with Gasteiger partial charge in [-0.2, -0.15) is 0 Å². The second-order valence-corrected chi connectivity index (χ2v) is 7.57. The Kier molecular flexibility index (Phi) is 9.84. The van der Waals surface area contributed by atoms with Crippen molar-refractivity contribution < 1.29 is 4.79 Å². The van der Waals surface area contributed by atoms with Crippen molar-refractivity contribution in [2.45, 2.75) is 43.8 Å². The average Bonchev–Trinajstić information content (AvgIpc) is 2.52. The van der Waals surface area contributed by atoms with E-state index in [0.29, 0.717) is 0 Å². The highest BCUT2D eigenvalue weighted by atomic mass is 79.9. The van der Waals surface area contributed by atoms with Crippen LogP contribution in [0.4, 0.5) is 0 Å². The lowest BCUT2D eigenvalue weighted by Crippen LogP contribution is -2.32. The number of carbonyl (C=O) groups is 1. The summed E-state index contributed by atoms with van der Waals surface area (Å²) in [5.41, 5.74) is 0. The van der Waals surface area contributed by atoms with Gasteiger partial charge in [0.2, 0.25) is 5.91 Å². The molecule has 22 heavy (non-hydrogen) atoms. The van der Waals surface area contributed by atoms with Gasteiger partial charge < -0.3 is 10.2 Å². The molecule has 0 radical (unpaired) electrons. The van der Waals surface area contributed by atoms with Crippen LogP contribution in [0, 0.1) is 0 Å². The van der Waals surface area contributed by atoms with Gasteiger partial charge in [0.1, 0.15) is 0 Å². The number of nitrogens with zero attached hydrogens (tertiary/aromatic N) is 1. The Morgan fingerprint density at radius 1 is 1.23 bits per heavy atom. The minimum absolute atomic E-state index is 0.0658. The van der Waals surface area contributed by atoms with E-state index in [1.54, 1.807) is 11.8 Å². The number of unbranched alkanes of at least 4 members (excludes halogenated alkanes) is 1. The van der Waals surface area contributed by atoms with E-state index >= 15 is 0 Å². The fourth-order valence-corrected chi connectivity index (χ4v) is 3.28. The monoisotopic (exact) mass is 386 g/mol. The predicted molar refractivity (Wildman–Crippen MR) is 99.5 cm³/mol. The minimum Gasteiger partial charge on any atom is -0.355 e. The molecule has 5 heteroatoms. The van der Waals surface area contributed by atoms with Gasteiger partial charge in [0.15, 0.2) is 0 Å². The van der Waals surface area contributed by atoms with Gasteiger partial charge in [0.05, 0.1) is 5.25 Å². The Labute approximate surface area is 147 Å². The largest absolute Gasteiger partial charge is 0.355 e. The quantitative estimate of drug-likeness (QED) is 0.483. The Morgan fingerprint density at radius 2 is 1.86 bits per heavy atom. The zero-order valence-corrected chi connectivity index (χ0v) is 16.2. The third kappa shape index (κ3) is 7.65. The van der Waals surface area contributed by atoms with Gasteiger partial charge in [0, 0.05) is 15.9 Å². The van der Waals surface area contributed by atoms with Gasteiger partial charge in [-0.25, -0.2) is 0 Å². The third-order valence-corrected chi connectivity index (χ3v) is 5.23. The van der Waals surface area contributed by atoms with E-state index in [1.165, 1.54) is 0 Å². The van der Waals surface area contributed by atoms with Crippen molar-refractivity contribution in [2.75, 3.05) is 26.2 Å². The molecule has 0 heterocycles. The molecular weight excluding hydrogens is 360 g/mol. The number of halogens is 1. The van der Waals surface area contributed by atoms with Gasteiger partial charge in [0.25, 0.3) is 0 Å². The maximum atomic E-state index is 12.1. The summed E-state index contributed by atoms with van der Waals surface area (Å²) in [6.45, 7) is 10.4. The number of hydrogen-bond acceptors (Lipinski definition) is 3. The first kappa shape index (κ1) is 19.5. The molecule has 0 spiro atoms. The highest BCUT2D eigenvalue weighted by Gasteiger charge is 2.13. The second kappa shape index (κ2) is 11.1. The maximum Gasteiger partial charge on any atom is 0.233 e. The van der Waals surface area contributed by atoms with E-state index in [2.05, 4.69) is 40.0 Å². The van der Waals surface area contributed by atoms with E-state index in [9.17, 15) is 4.79 Å². The second-order valence-electron chi connectivity index (χ2n) is 5.24. The van der Waals surface area contributed by atoms with Crippen LogP contribution in [0.5, 0.6) is 0 Å². The van der Waals surface area contributed by atoms with Crippen molar-refractivity contribution in [3.05, 3.63) is 28.7 Å². The fraction of sp³-hybridized carbons (Fsp3) is 0.588. The smallest absolute Gasteiger partial charge is 0.233 e. The lowest BCUT2D eigenvalue weighted by Gasteiger charge is -2.17. The summed E-state index contributed by atoms with van der Waals surface area (Å²) in [6.07, 6.45) is 2.17. The number of nitrogens with one attached hydrogen (secondary N) is 1. The zero-order valence-electron chi connectivity index (χ0n) is 13.8. The Bertz CT molecular complexity index is 435. The van der Waals surface area contributed by atoms with E-state index in [4.69, 9.17) is 0 Å². The molecule has 0 saturated carbocycles. The molecule has 1 amide bonds. The summed E-state index contributed by atoms with van der Waals surface area (Å²) in [5, 5.41) is 2.97. The van der Waals surface area contributed by atoms with Crippen LogP contribution in [-0.2, 0) is 4.79 Å². The molecule has 0 aliphatic carbocycles. The van der Waals surface area contributed by atoms with E-state index < -0.39 is 0 Å². The Balaban J connectivity index is 2.20. The normalized spacial score (nSPS) is 12.4. The summed E-state index contributed by atoms with van der Waals surface area (Å²) in [7, 11) is 0. The van der Waals surface area contributed by atoms with Crippen LogP contribution in [0.2, 0.25) is 0 Å². The van der Waals surface area contributed by atoms with Crippen LogP contribution < -0.4 is 5.32 Å². The number of carbonyl (C=O) groups excluding carboxylic acids is 1. The van der Waals surface area contributed by atoms with Crippen molar-refractivity contribution in [2.24, 2.45) is 0 Å². The molecular formula is C17H27BrN2OS. The number of thioether (sulfide) groups is 1. The summed E-state index contributed by atoms with van der Waals surface area (Å²) >= 11 is 5.01. The summed E-state index contributed by atoms with van der Waals surface area (Å²) in [4.78, 5) is 15.6. The molecule has 0 bridgehead atoms. The summed E-state index contributed by atoms with van der Waals surface area (Å²) in [5.74, 6) is 0.121. The van der Waals surface area contributed by atoms with E-state index in [0.717, 1.165) is 48.4 Å². The van der Waals surface area contributed by atoms with Crippen LogP contribution in [-0.4, -0.2) is 42.2 Å². The summed E-state index contributed by atoms with van der Waals surface area (Å²) < 4.78 is 1.06. The molecule has 0 saturated heterocycles. The molecule has 1 unspecified atom stereocenters. The minimum atomic E-state index is -0.0658. The molecule has 1 N–H and O–H groups in total. The zero-order chi connectivity index (χ0) is 16.4. The van der Waals surface area contributed by atoms with Gasteiger partial charge in [-0.05, 0) is 63.7 Å². The van der Waals surface area contributed by atoms with Crippen molar-refractivity contribution in [1.82, 2.24) is 10.2 Å². The van der Waals surface area contributed by atoms with Crippen LogP contribution in [0.1, 0.15) is 33.6 Å². The van der Waals surface area contributed by atoms with Crippen molar-refractivity contribution in [3.63, 3.8) is 0 Å². The van der Waals surface area contributed by atoms with Gasteiger partial charge >= 0.3 is 0 Å². The highest BCUT2D eigenvalue weighted by molar-refractivity contribution is 9.10. The van der Waals surface area contributed by atoms with Gasteiger partial charge in [-0.1, -0.05) is 29.8 Å². The fourth-order valence-electron chi connectivity index (χ4n) is 2.13. The average molecular weight is 387 g/mol. The lowest BCUT2D eigenvalue weighted by molar-refractivity contribution is -0.120. The third-order valence-electron chi connectivity index (χ3n) is 3.59. The van der Waals surface area contributed by atoms with Crippen LogP contribution in [0.15, 0.2) is 33.6 Å². The molecule has 0 aromatic heterocycles. The molecule has 0 aliphatic rings. The molecule has 0 fully saturated rings. The molecule has 1 rings (SSSR count). The molecule has 1 aromatic rings. The van der Waals surface area contributed by atoms with Crippen LogP contribution in [0.25, 0.3) is 0 Å². The van der Waals surface area contributed by atoms with E-state index in [-0.39, 0.29) is 11.2 Å². The molecule has 1 aromatic carbocycles. The van der Waals surface area contributed by atoms with Crippen molar-refractivity contribution in [1.29, 1.82) is 0 Å². The molecule has 3 nitrogen and oxygen atoms in total. The molecule has 1 atom stereocenters. The molecule has 124 valence electrons.